The maximum atomic E-state index is 5.73. The zero-order chi connectivity index (χ0) is 15.2. The molecule has 22 heavy (non-hydrogen) atoms. The molecule has 1 aliphatic heterocycles. The van der Waals surface area contributed by atoms with Crippen LogP contribution in [0.2, 0.25) is 0 Å². The summed E-state index contributed by atoms with van der Waals surface area (Å²) in [7, 11) is 2.04. The van der Waals surface area contributed by atoms with Gasteiger partial charge in [-0.05, 0) is 19.2 Å². The van der Waals surface area contributed by atoms with Crippen LogP contribution >= 0.6 is 0 Å². The first kappa shape index (κ1) is 15.1. The molecule has 2 aromatic rings. The zero-order valence-electron chi connectivity index (χ0n) is 12.8. The van der Waals surface area contributed by atoms with E-state index in [9.17, 15) is 0 Å². The summed E-state index contributed by atoms with van der Waals surface area (Å²) >= 11 is 0. The summed E-state index contributed by atoms with van der Waals surface area (Å²) in [6.45, 7) is 4.35. The molecule has 0 spiro atoms. The zero-order valence-corrected chi connectivity index (χ0v) is 12.8. The van der Waals surface area contributed by atoms with Crippen LogP contribution in [-0.4, -0.2) is 55.1 Å². The van der Waals surface area contributed by atoms with Crippen LogP contribution < -0.4 is 0 Å². The summed E-state index contributed by atoms with van der Waals surface area (Å²) < 4.78 is 16.8. The number of rotatable bonds is 5. The van der Waals surface area contributed by atoms with Gasteiger partial charge in [-0.15, -0.1) is 10.2 Å². The minimum atomic E-state index is 0.379. The van der Waals surface area contributed by atoms with Crippen molar-refractivity contribution in [1.82, 2.24) is 15.1 Å². The molecule has 6 nitrogen and oxygen atoms in total. The summed E-state index contributed by atoms with van der Waals surface area (Å²) in [4.78, 5) is 2.16. The number of nitrogens with zero attached hydrogens (tertiary/aromatic N) is 3. The van der Waals surface area contributed by atoms with Crippen LogP contribution in [-0.2, 0) is 16.0 Å². The number of hydrogen-bond donors (Lipinski definition) is 0. The summed E-state index contributed by atoms with van der Waals surface area (Å²) in [6, 6.07) is 9.79. The van der Waals surface area contributed by atoms with Crippen molar-refractivity contribution in [2.45, 2.75) is 6.54 Å². The topological polar surface area (TPSA) is 60.6 Å². The van der Waals surface area contributed by atoms with E-state index in [0.29, 0.717) is 37.5 Å². The maximum Gasteiger partial charge on any atom is 0.247 e. The second-order valence-corrected chi connectivity index (χ2v) is 5.58. The predicted molar refractivity (Wildman–Crippen MR) is 81.2 cm³/mol. The molecule has 1 aromatic carbocycles. The fourth-order valence-corrected chi connectivity index (χ4v) is 2.52. The van der Waals surface area contributed by atoms with Crippen molar-refractivity contribution in [2.24, 2.45) is 5.92 Å². The van der Waals surface area contributed by atoms with E-state index in [1.165, 1.54) is 0 Å². The molecular weight excluding hydrogens is 282 g/mol. The second kappa shape index (κ2) is 7.49. The molecule has 118 valence electrons. The minimum absolute atomic E-state index is 0.379. The maximum absolute atomic E-state index is 5.73. The molecule has 3 rings (SSSR count). The van der Waals surface area contributed by atoms with Gasteiger partial charge in [0.05, 0.1) is 33.0 Å². The van der Waals surface area contributed by atoms with Crippen LogP contribution in [0.5, 0.6) is 0 Å². The van der Waals surface area contributed by atoms with Crippen molar-refractivity contribution in [2.75, 3.05) is 40.0 Å². The number of benzene rings is 1. The summed E-state index contributed by atoms with van der Waals surface area (Å²) in [5.74, 6) is 1.56. The Kier molecular flexibility index (Phi) is 5.15. The van der Waals surface area contributed by atoms with E-state index in [4.69, 9.17) is 13.9 Å². The molecule has 2 heterocycles. The summed E-state index contributed by atoms with van der Waals surface area (Å²) in [5.41, 5.74) is 0.939. The van der Waals surface area contributed by atoms with Gasteiger partial charge >= 0.3 is 0 Å². The van der Waals surface area contributed by atoms with Crippen molar-refractivity contribution in [3.63, 3.8) is 0 Å². The molecule has 0 bridgehead atoms. The normalized spacial score (nSPS) is 16.8. The van der Waals surface area contributed by atoms with E-state index in [1.807, 2.05) is 37.4 Å². The second-order valence-electron chi connectivity index (χ2n) is 5.58. The van der Waals surface area contributed by atoms with Gasteiger partial charge in [-0.2, -0.15) is 0 Å². The lowest BCUT2D eigenvalue weighted by Crippen LogP contribution is -2.29. The van der Waals surface area contributed by atoms with Crippen LogP contribution in [0.15, 0.2) is 34.7 Å². The molecule has 0 N–H and O–H groups in total. The molecule has 1 aliphatic rings. The predicted octanol–water partition coefficient (Wildman–Crippen LogP) is 1.83. The Hall–Kier alpha value is -1.76. The average Bonchev–Trinajstić information content (AvgIpc) is 2.84. The van der Waals surface area contributed by atoms with Gasteiger partial charge < -0.3 is 13.9 Å². The van der Waals surface area contributed by atoms with E-state index in [2.05, 4.69) is 15.1 Å². The molecule has 0 unspecified atom stereocenters. The minimum Gasteiger partial charge on any atom is -0.419 e. The van der Waals surface area contributed by atoms with Gasteiger partial charge in [0.25, 0.3) is 0 Å². The average molecular weight is 303 g/mol. The van der Waals surface area contributed by atoms with E-state index >= 15 is 0 Å². The van der Waals surface area contributed by atoms with Gasteiger partial charge in [-0.3, -0.25) is 4.90 Å². The lowest BCUT2D eigenvalue weighted by molar-refractivity contribution is 0.103. The Morgan fingerprint density at radius 1 is 1.09 bits per heavy atom. The van der Waals surface area contributed by atoms with Crippen molar-refractivity contribution < 1.29 is 13.9 Å². The molecule has 0 atom stereocenters. The lowest BCUT2D eigenvalue weighted by Gasteiger charge is -2.20. The molecular formula is C16H21N3O3. The molecule has 0 radical (unpaired) electrons. The van der Waals surface area contributed by atoms with Crippen molar-refractivity contribution >= 4 is 0 Å². The van der Waals surface area contributed by atoms with Gasteiger partial charge in [0.1, 0.15) is 0 Å². The molecule has 6 heteroatoms. The molecule has 1 fully saturated rings. The smallest absolute Gasteiger partial charge is 0.247 e. The molecule has 1 saturated heterocycles. The monoisotopic (exact) mass is 303 g/mol. The fraction of sp³-hybridized carbons (Fsp3) is 0.500. The highest BCUT2D eigenvalue weighted by atomic mass is 16.5. The Balaban J connectivity index is 1.55. The first-order chi connectivity index (χ1) is 10.8. The van der Waals surface area contributed by atoms with Crippen molar-refractivity contribution in [3.8, 4) is 11.5 Å². The number of hydrogen-bond acceptors (Lipinski definition) is 6. The van der Waals surface area contributed by atoms with Gasteiger partial charge in [0.15, 0.2) is 0 Å². The Morgan fingerprint density at radius 2 is 1.82 bits per heavy atom. The highest BCUT2D eigenvalue weighted by Gasteiger charge is 2.17. The standard InChI is InChI=1S/C16H21N3O3/c1-19(9-13-11-20-7-8-21-12-13)10-15-17-18-16(22-15)14-5-3-2-4-6-14/h2-6,13H,7-12H2,1H3. The lowest BCUT2D eigenvalue weighted by atomic mass is 10.1. The van der Waals surface area contributed by atoms with Gasteiger partial charge in [-0.25, -0.2) is 0 Å². The molecule has 0 amide bonds. The largest absolute Gasteiger partial charge is 0.419 e. The van der Waals surface area contributed by atoms with E-state index < -0.39 is 0 Å². The molecule has 0 aliphatic carbocycles. The SMILES string of the molecule is CN(Cc1nnc(-c2ccccc2)o1)CC1COCCOC1. The van der Waals surface area contributed by atoms with Crippen molar-refractivity contribution in [1.29, 1.82) is 0 Å². The van der Waals surface area contributed by atoms with Crippen LogP contribution in [0.3, 0.4) is 0 Å². The van der Waals surface area contributed by atoms with E-state index in [-0.39, 0.29) is 0 Å². The highest BCUT2D eigenvalue weighted by Crippen LogP contribution is 2.17. The third-order valence-corrected chi connectivity index (χ3v) is 3.54. The number of ether oxygens (including phenoxy) is 2. The van der Waals surface area contributed by atoms with E-state index in [1.54, 1.807) is 0 Å². The third kappa shape index (κ3) is 4.13. The Labute approximate surface area is 130 Å². The molecule has 1 aromatic heterocycles. The van der Waals surface area contributed by atoms with Crippen LogP contribution in [0.1, 0.15) is 5.89 Å². The van der Waals surface area contributed by atoms with Crippen LogP contribution in [0.25, 0.3) is 11.5 Å². The third-order valence-electron chi connectivity index (χ3n) is 3.54. The summed E-state index contributed by atoms with van der Waals surface area (Å²) in [6.07, 6.45) is 0. The van der Waals surface area contributed by atoms with E-state index in [0.717, 1.165) is 25.3 Å². The van der Waals surface area contributed by atoms with Gasteiger partial charge in [0.2, 0.25) is 11.8 Å². The number of aromatic nitrogens is 2. The Morgan fingerprint density at radius 3 is 2.55 bits per heavy atom. The molecule has 0 saturated carbocycles. The van der Waals surface area contributed by atoms with Crippen LogP contribution in [0.4, 0.5) is 0 Å². The highest BCUT2D eigenvalue weighted by molar-refractivity contribution is 5.51. The first-order valence-electron chi connectivity index (χ1n) is 7.53. The Bertz CT molecular complexity index is 565. The first-order valence-corrected chi connectivity index (χ1v) is 7.53. The quantitative estimate of drug-likeness (QED) is 0.840. The van der Waals surface area contributed by atoms with Crippen molar-refractivity contribution in [3.05, 3.63) is 36.2 Å². The van der Waals surface area contributed by atoms with Gasteiger partial charge in [0, 0.05) is 18.0 Å². The fourth-order valence-electron chi connectivity index (χ4n) is 2.52. The van der Waals surface area contributed by atoms with Gasteiger partial charge in [-0.1, -0.05) is 18.2 Å². The summed E-state index contributed by atoms with van der Waals surface area (Å²) in [5, 5.41) is 8.23. The van der Waals surface area contributed by atoms with Crippen LogP contribution in [0, 0.1) is 5.92 Å².